The number of hydrogen-bond donors (Lipinski definition) is 1. The molecule has 8 nitrogen and oxygen atoms in total. The van der Waals surface area contributed by atoms with E-state index in [1.807, 2.05) is 0 Å². The first-order valence-electron chi connectivity index (χ1n) is 9.75. The number of ether oxygens (including phenoxy) is 2. The zero-order valence-corrected chi connectivity index (χ0v) is 16.8. The van der Waals surface area contributed by atoms with Crippen molar-refractivity contribution in [2.24, 2.45) is 0 Å². The van der Waals surface area contributed by atoms with E-state index in [0.29, 0.717) is 37.8 Å². The molecule has 2 aromatic rings. The Morgan fingerprint density at radius 2 is 1.83 bits per heavy atom. The smallest absolute Gasteiger partial charge is 0.317 e. The summed E-state index contributed by atoms with van der Waals surface area (Å²) in [6.07, 6.45) is 4.46. The Labute approximate surface area is 169 Å². The second kappa shape index (κ2) is 8.36. The molecule has 3 heterocycles. The average molecular weight is 420 g/mol. The fourth-order valence-electron chi connectivity index (χ4n) is 3.59. The average Bonchev–Trinajstić information content (AvgIpc) is 3.28. The molecule has 1 aromatic heterocycles. The van der Waals surface area contributed by atoms with E-state index in [1.54, 1.807) is 23.1 Å². The number of carbonyl (C=O) groups is 1. The molecule has 2 aliphatic heterocycles. The first kappa shape index (κ1) is 19.6. The minimum Gasteiger partial charge on any atom is -0.486 e. The summed E-state index contributed by atoms with van der Waals surface area (Å²) in [5, 5.41) is 1.72. The molecule has 4 rings (SSSR count). The van der Waals surface area contributed by atoms with Crippen LogP contribution < -0.4 is 14.8 Å². The third kappa shape index (κ3) is 4.19. The van der Waals surface area contributed by atoms with Crippen LogP contribution in [-0.4, -0.2) is 52.2 Å². The molecule has 29 heavy (non-hydrogen) atoms. The van der Waals surface area contributed by atoms with Gasteiger partial charge in [0.25, 0.3) is 0 Å². The SMILES string of the molecule is O=C(NC[C@H](c1ccco1)S(=O)(=O)c1ccc2c(c1)OCCO2)N1CCCCC1. The lowest BCUT2D eigenvalue weighted by Crippen LogP contribution is -2.44. The van der Waals surface area contributed by atoms with Crippen LogP contribution >= 0.6 is 0 Å². The number of hydrogen-bond acceptors (Lipinski definition) is 6. The number of benzene rings is 1. The summed E-state index contributed by atoms with van der Waals surface area (Å²) < 4.78 is 43.1. The van der Waals surface area contributed by atoms with E-state index in [4.69, 9.17) is 13.9 Å². The van der Waals surface area contributed by atoms with E-state index in [0.717, 1.165) is 19.3 Å². The number of rotatable bonds is 5. The second-order valence-electron chi connectivity index (χ2n) is 7.09. The quantitative estimate of drug-likeness (QED) is 0.799. The van der Waals surface area contributed by atoms with Crippen LogP contribution in [0.3, 0.4) is 0 Å². The second-order valence-corrected chi connectivity index (χ2v) is 9.22. The molecule has 1 fully saturated rings. The van der Waals surface area contributed by atoms with Gasteiger partial charge in [0, 0.05) is 25.7 Å². The number of nitrogens with one attached hydrogen (secondary N) is 1. The van der Waals surface area contributed by atoms with Gasteiger partial charge in [-0.1, -0.05) is 0 Å². The summed E-state index contributed by atoms with van der Waals surface area (Å²) in [7, 11) is -3.85. The molecule has 2 amide bonds. The minimum atomic E-state index is -3.85. The van der Waals surface area contributed by atoms with Crippen LogP contribution in [0.2, 0.25) is 0 Å². The summed E-state index contributed by atoms with van der Waals surface area (Å²) >= 11 is 0. The van der Waals surface area contributed by atoms with Crippen molar-refractivity contribution in [2.75, 3.05) is 32.8 Å². The van der Waals surface area contributed by atoms with Gasteiger partial charge in [-0.3, -0.25) is 0 Å². The number of furan rings is 1. The molecule has 2 aliphatic rings. The lowest BCUT2D eigenvalue weighted by atomic mass is 10.1. The molecule has 9 heteroatoms. The van der Waals surface area contributed by atoms with Gasteiger partial charge in [-0.15, -0.1) is 0 Å². The molecular formula is C20H24N2O6S. The Bertz CT molecular complexity index is 951. The van der Waals surface area contributed by atoms with E-state index in [1.165, 1.54) is 18.4 Å². The van der Waals surface area contributed by atoms with Crippen molar-refractivity contribution in [2.45, 2.75) is 29.4 Å². The zero-order chi connectivity index (χ0) is 20.3. The van der Waals surface area contributed by atoms with Gasteiger partial charge in [-0.25, -0.2) is 13.2 Å². The van der Waals surface area contributed by atoms with Gasteiger partial charge < -0.3 is 24.1 Å². The third-order valence-corrected chi connectivity index (χ3v) is 7.22. The maximum absolute atomic E-state index is 13.4. The van der Waals surface area contributed by atoms with Crippen LogP contribution in [0.4, 0.5) is 4.79 Å². The maximum atomic E-state index is 13.4. The molecule has 0 radical (unpaired) electrons. The first-order chi connectivity index (χ1) is 14.1. The van der Waals surface area contributed by atoms with Crippen molar-refractivity contribution in [3.8, 4) is 11.5 Å². The number of likely N-dealkylation sites (tertiary alicyclic amines) is 1. The molecule has 156 valence electrons. The van der Waals surface area contributed by atoms with Crippen LogP contribution in [0, 0.1) is 0 Å². The van der Waals surface area contributed by atoms with Gasteiger partial charge in [-0.2, -0.15) is 0 Å². The van der Waals surface area contributed by atoms with Crippen LogP contribution in [0.25, 0.3) is 0 Å². The van der Waals surface area contributed by atoms with Crippen molar-refractivity contribution in [1.82, 2.24) is 10.2 Å². The van der Waals surface area contributed by atoms with E-state index >= 15 is 0 Å². The molecule has 0 saturated carbocycles. The number of sulfone groups is 1. The number of urea groups is 1. The van der Waals surface area contributed by atoms with Crippen molar-refractivity contribution in [1.29, 1.82) is 0 Å². The lowest BCUT2D eigenvalue weighted by molar-refractivity contribution is 0.171. The Morgan fingerprint density at radius 1 is 1.07 bits per heavy atom. The van der Waals surface area contributed by atoms with Crippen LogP contribution in [0.15, 0.2) is 45.9 Å². The minimum absolute atomic E-state index is 0.0837. The Morgan fingerprint density at radius 3 is 2.55 bits per heavy atom. The third-order valence-electron chi connectivity index (χ3n) is 5.16. The highest BCUT2D eigenvalue weighted by molar-refractivity contribution is 7.91. The predicted molar refractivity (Wildman–Crippen MR) is 105 cm³/mol. The standard InChI is InChI=1S/C20H24N2O6S/c23-20(22-8-2-1-3-9-22)21-14-19(17-5-4-10-26-17)29(24,25)15-6-7-16-18(13-15)28-12-11-27-16/h4-7,10,13,19H,1-3,8-9,11-12,14H2,(H,21,23)/t19-/m1/s1. The molecule has 1 saturated heterocycles. The summed E-state index contributed by atoms with van der Waals surface area (Å²) in [4.78, 5) is 14.3. The number of amides is 2. The molecule has 0 spiro atoms. The largest absolute Gasteiger partial charge is 0.486 e. The number of piperidine rings is 1. The fourth-order valence-corrected chi connectivity index (χ4v) is 5.19. The van der Waals surface area contributed by atoms with Crippen LogP contribution in [-0.2, 0) is 9.84 Å². The Kier molecular flexibility index (Phi) is 5.66. The number of carbonyl (C=O) groups excluding carboxylic acids is 1. The Hall–Kier alpha value is -2.68. The monoisotopic (exact) mass is 420 g/mol. The highest BCUT2D eigenvalue weighted by atomic mass is 32.2. The summed E-state index contributed by atoms with van der Waals surface area (Å²) in [5.74, 6) is 1.19. The van der Waals surface area contributed by atoms with Crippen molar-refractivity contribution < 1.29 is 27.1 Å². The molecular weight excluding hydrogens is 396 g/mol. The number of fused-ring (bicyclic) bond motifs is 1. The molecule has 0 unspecified atom stereocenters. The van der Waals surface area contributed by atoms with E-state index in [9.17, 15) is 13.2 Å². The van der Waals surface area contributed by atoms with E-state index in [2.05, 4.69) is 5.32 Å². The van der Waals surface area contributed by atoms with Crippen LogP contribution in [0.5, 0.6) is 11.5 Å². The predicted octanol–water partition coefficient (Wildman–Crippen LogP) is 2.76. The summed E-state index contributed by atoms with van der Waals surface area (Å²) in [5.41, 5.74) is 0. The zero-order valence-electron chi connectivity index (χ0n) is 16.0. The lowest BCUT2D eigenvalue weighted by Gasteiger charge is -2.27. The Balaban J connectivity index is 1.57. The fraction of sp³-hybridized carbons (Fsp3) is 0.450. The van der Waals surface area contributed by atoms with Gasteiger partial charge in [0.1, 0.15) is 24.2 Å². The number of nitrogens with zero attached hydrogens (tertiary/aromatic N) is 1. The molecule has 1 N–H and O–H groups in total. The van der Waals surface area contributed by atoms with Gasteiger partial charge >= 0.3 is 6.03 Å². The summed E-state index contributed by atoms with van der Waals surface area (Å²) in [6.45, 7) is 2.08. The molecule has 0 aliphatic carbocycles. The van der Waals surface area contributed by atoms with Gasteiger partial charge in [0.15, 0.2) is 21.3 Å². The van der Waals surface area contributed by atoms with Crippen molar-refractivity contribution in [3.63, 3.8) is 0 Å². The topological polar surface area (TPSA) is 98.1 Å². The van der Waals surface area contributed by atoms with Gasteiger partial charge in [0.2, 0.25) is 0 Å². The van der Waals surface area contributed by atoms with E-state index < -0.39 is 15.1 Å². The molecule has 0 bridgehead atoms. The highest BCUT2D eigenvalue weighted by Gasteiger charge is 2.33. The summed E-state index contributed by atoms with van der Waals surface area (Å²) in [6, 6.07) is 7.53. The van der Waals surface area contributed by atoms with Gasteiger partial charge in [-0.05, 0) is 43.5 Å². The highest BCUT2D eigenvalue weighted by Crippen LogP contribution is 2.36. The van der Waals surface area contributed by atoms with Crippen LogP contribution in [0.1, 0.15) is 30.3 Å². The van der Waals surface area contributed by atoms with E-state index in [-0.39, 0.29) is 23.2 Å². The normalized spacial score (nSPS) is 17.6. The molecule has 1 atom stereocenters. The molecule has 1 aromatic carbocycles. The van der Waals surface area contributed by atoms with Gasteiger partial charge in [0.05, 0.1) is 11.2 Å². The maximum Gasteiger partial charge on any atom is 0.317 e. The van der Waals surface area contributed by atoms with Crippen molar-refractivity contribution >= 4 is 15.9 Å². The van der Waals surface area contributed by atoms with Crippen molar-refractivity contribution in [3.05, 3.63) is 42.4 Å². The first-order valence-corrected chi connectivity index (χ1v) is 11.3.